The van der Waals surface area contributed by atoms with E-state index >= 15 is 0 Å². The number of rotatable bonds is 2. The van der Waals surface area contributed by atoms with Crippen LogP contribution in [0.2, 0.25) is 0 Å². The summed E-state index contributed by atoms with van der Waals surface area (Å²) in [7, 11) is 0. The van der Waals surface area contributed by atoms with Gasteiger partial charge in [0.25, 0.3) is 0 Å². The number of nitrogens with zero attached hydrogens (tertiary/aromatic N) is 3. The maximum atomic E-state index is 12.4. The van der Waals surface area contributed by atoms with Crippen molar-refractivity contribution in [3.63, 3.8) is 0 Å². The van der Waals surface area contributed by atoms with Crippen LogP contribution in [0.4, 0.5) is 0 Å². The number of aromatic nitrogens is 2. The number of carbonyl (C=O) groups is 1. The van der Waals surface area contributed by atoms with Crippen LogP contribution in [0.15, 0.2) is 33.6 Å². The van der Waals surface area contributed by atoms with Gasteiger partial charge in [0.05, 0.1) is 11.7 Å². The summed E-state index contributed by atoms with van der Waals surface area (Å²) < 4.78 is 6.96. The minimum absolute atomic E-state index is 0.0431. The Balaban J connectivity index is 1.86. The molecule has 0 N–H and O–H groups in total. The second-order valence-electron chi connectivity index (χ2n) is 6.04. The van der Waals surface area contributed by atoms with Crippen LogP contribution in [0.1, 0.15) is 18.4 Å². The molecule has 0 unspecified atom stereocenters. The van der Waals surface area contributed by atoms with E-state index in [0.717, 1.165) is 36.9 Å². The first-order valence-corrected chi connectivity index (χ1v) is 7.80. The summed E-state index contributed by atoms with van der Waals surface area (Å²) >= 11 is 0. The first kappa shape index (κ1) is 14.0. The molecule has 0 atom stereocenters. The highest BCUT2D eigenvalue weighted by Crippen LogP contribution is 2.24. The molecular weight excluding hydrogens is 294 g/mol. The van der Waals surface area contributed by atoms with Gasteiger partial charge >= 0.3 is 5.63 Å². The van der Waals surface area contributed by atoms with E-state index in [1.165, 1.54) is 6.20 Å². The average molecular weight is 311 g/mol. The molecule has 3 aromatic rings. The topological polar surface area (TPSA) is 68.3 Å². The molecule has 6 nitrogen and oxygen atoms in total. The summed E-state index contributed by atoms with van der Waals surface area (Å²) in [5, 5.41) is 5.48. The van der Waals surface area contributed by atoms with E-state index < -0.39 is 5.63 Å². The maximum absolute atomic E-state index is 12.4. The van der Waals surface area contributed by atoms with E-state index in [9.17, 15) is 9.59 Å². The quantitative estimate of drug-likeness (QED) is 0.679. The number of likely N-dealkylation sites (tertiary alicyclic amines) is 1. The first-order valence-electron chi connectivity index (χ1n) is 7.80. The van der Waals surface area contributed by atoms with Gasteiger partial charge in [0.2, 0.25) is 5.91 Å². The Labute approximate surface area is 132 Å². The molecule has 0 radical (unpaired) electrons. The standard InChI is InChI=1S/C17H17N3O3/c1-11-4-5-14-12(8-11)16-13(17(22)23-14)9-18-20(16)10-15(21)19-6-2-3-7-19/h4-5,8-9H,2-3,6-7,10H2,1H3. The lowest BCUT2D eigenvalue weighted by molar-refractivity contribution is -0.130. The Bertz CT molecular complexity index is 964. The minimum atomic E-state index is -0.420. The predicted molar refractivity (Wildman–Crippen MR) is 86.3 cm³/mol. The predicted octanol–water partition coefficient (Wildman–Crippen LogP) is 2.07. The molecule has 1 fully saturated rings. The van der Waals surface area contributed by atoms with E-state index in [1.807, 2.05) is 24.0 Å². The molecule has 2 aromatic heterocycles. The van der Waals surface area contributed by atoms with Gasteiger partial charge in [0, 0.05) is 18.5 Å². The van der Waals surface area contributed by atoms with E-state index in [4.69, 9.17) is 4.42 Å². The molecule has 0 bridgehead atoms. The van der Waals surface area contributed by atoms with Crippen molar-refractivity contribution in [2.24, 2.45) is 0 Å². The summed E-state index contributed by atoms with van der Waals surface area (Å²) in [6.07, 6.45) is 3.59. The van der Waals surface area contributed by atoms with Crippen molar-refractivity contribution < 1.29 is 9.21 Å². The number of benzene rings is 1. The first-order chi connectivity index (χ1) is 11.1. The van der Waals surface area contributed by atoms with Gasteiger partial charge in [-0.25, -0.2) is 4.79 Å². The summed E-state index contributed by atoms with van der Waals surface area (Å²) in [4.78, 5) is 26.4. The van der Waals surface area contributed by atoms with Crippen LogP contribution in [0.3, 0.4) is 0 Å². The van der Waals surface area contributed by atoms with Gasteiger partial charge in [0.1, 0.15) is 17.5 Å². The molecule has 0 spiro atoms. The third-order valence-electron chi connectivity index (χ3n) is 4.40. The normalized spacial score (nSPS) is 14.9. The molecule has 0 saturated carbocycles. The van der Waals surface area contributed by atoms with Crippen LogP contribution < -0.4 is 5.63 Å². The van der Waals surface area contributed by atoms with Gasteiger partial charge in [-0.1, -0.05) is 11.6 Å². The average Bonchev–Trinajstić information content (AvgIpc) is 3.18. The van der Waals surface area contributed by atoms with E-state index in [0.29, 0.717) is 16.5 Å². The molecule has 1 aliphatic rings. The molecule has 1 amide bonds. The number of amides is 1. The molecule has 23 heavy (non-hydrogen) atoms. The third-order valence-corrected chi connectivity index (χ3v) is 4.40. The zero-order chi connectivity index (χ0) is 16.0. The highest BCUT2D eigenvalue weighted by atomic mass is 16.4. The number of hydrogen-bond acceptors (Lipinski definition) is 4. The fourth-order valence-electron chi connectivity index (χ4n) is 3.21. The lowest BCUT2D eigenvalue weighted by Gasteiger charge is -2.15. The van der Waals surface area contributed by atoms with Crippen LogP contribution in [0.25, 0.3) is 21.9 Å². The highest BCUT2D eigenvalue weighted by molar-refractivity contribution is 6.02. The zero-order valence-corrected chi connectivity index (χ0v) is 12.9. The van der Waals surface area contributed by atoms with Crippen molar-refractivity contribution in [1.82, 2.24) is 14.7 Å². The Morgan fingerprint density at radius 3 is 2.83 bits per heavy atom. The maximum Gasteiger partial charge on any atom is 0.347 e. The smallest absolute Gasteiger partial charge is 0.347 e. The van der Waals surface area contributed by atoms with Crippen LogP contribution in [-0.2, 0) is 11.3 Å². The summed E-state index contributed by atoms with van der Waals surface area (Å²) in [6, 6.07) is 5.64. The van der Waals surface area contributed by atoms with Crippen molar-refractivity contribution >= 4 is 27.8 Å². The minimum Gasteiger partial charge on any atom is -0.422 e. The van der Waals surface area contributed by atoms with Gasteiger partial charge in [0.15, 0.2) is 0 Å². The molecular formula is C17H17N3O3. The van der Waals surface area contributed by atoms with Crippen molar-refractivity contribution in [3.8, 4) is 0 Å². The fourth-order valence-corrected chi connectivity index (χ4v) is 3.21. The molecule has 1 aromatic carbocycles. The lowest BCUT2D eigenvalue weighted by Crippen LogP contribution is -2.31. The monoisotopic (exact) mass is 311 g/mol. The van der Waals surface area contributed by atoms with E-state index in [2.05, 4.69) is 5.10 Å². The second kappa shape index (κ2) is 5.22. The summed E-state index contributed by atoms with van der Waals surface area (Å²) in [5.41, 5.74) is 1.83. The van der Waals surface area contributed by atoms with Crippen LogP contribution >= 0.6 is 0 Å². The zero-order valence-electron chi connectivity index (χ0n) is 12.9. The van der Waals surface area contributed by atoms with Gasteiger partial charge in [-0.3, -0.25) is 9.48 Å². The van der Waals surface area contributed by atoms with Gasteiger partial charge < -0.3 is 9.32 Å². The van der Waals surface area contributed by atoms with Crippen LogP contribution in [-0.4, -0.2) is 33.7 Å². The molecule has 1 aliphatic heterocycles. The lowest BCUT2D eigenvalue weighted by atomic mass is 10.1. The molecule has 4 rings (SSSR count). The summed E-state index contributed by atoms with van der Waals surface area (Å²) in [5.74, 6) is 0.0431. The Kier molecular flexibility index (Phi) is 3.18. The van der Waals surface area contributed by atoms with Gasteiger partial charge in [-0.2, -0.15) is 5.10 Å². The second-order valence-corrected chi connectivity index (χ2v) is 6.04. The van der Waals surface area contributed by atoms with Crippen molar-refractivity contribution in [1.29, 1.82) is 0 Å². The molecule has 3 heterocycles. The number of aryl methyl sites for hydroxylation is 1. The van der Waals surface area contributed by atoms with E-state index in [1.54, 1.807) is 10.7 Å². The Hall–Kier alpha value is -2.63. The fraction of sp³-hybridized carbons (Fsp3) is 0.353. The van der Waals surface area contributed by atoms with Crippen molar-refractivity contribution in [2.45, 2.75) is 26.3 Å². The number of fused-ring (bicyclic) bond motifs is 3. The SMILES string of the molecule is Cc1ccc2oc(=O)c3cnn(CC(=O)N4CCCC4)c3c2c1. The largest absolute Gasteiger partial charge is 0.422 e. The van der Waals surface area contributed by atoms with Crippen LogP contribution in [0.5, 0.6) is 0 Å². The number of carbonyl (C=O) groups excluding carboxylic acids is 1. The molecule has 1 saturated heterocycles. The Morgan fingerprint density at radius 1 is 1.26 bits per heavy atom. The molecule has 0 aliphatic carbocycles. The van der Waals surface area contributed by atoms with Crippen LogP contribution in [0, 0.1) is 6.92 Å². The highest BCUT2D eigenvalue weighted by Gasteiger charge is 2.20. The third kappa shape index (κ3) is 2.30. The van der Waals surface area contributed by atoms with E-state index in [-0.39, 0.29) is 12.5 Å². The summed E-state index contributed by atoms with van der Waals surface area (Å²) in [6.45, 7) is 3.74. The Morgan fingerprint density at radius 2 is 2.04 bits per heavy atom. The molecule has 118 valence electrons. The molecule has 6 heteroatoms. The van der Waals surface area contributed by atoms with Crippen molar-refractivity contribution in [3.05, 3.63) is 40.4 Å². The van der Waals surface area contributed by atoms with Crippen molar-refractivity contribution in [2.75, 3.05) is 13.1 Å². The number of hydrogen-bond donors (Lipinski definition) is 0. The van der Waals surface area contributed by atoms with Gasteiger partial charge in [-0.05, 0) is 31.9 Å². The van der Waals surface area contributed by atoms with Gasteiger partial charge in [-0.15, -0.1) is 0 Å².